The highest BCUT2D eigenvalue weighted by atomic mass is 16.2. The standard InChI is InChI=1S/C26H22N4O/c1-17-24-22(16-23(19-10-5-4-6-11-19)27-25(24)30(3)28-17)26(31)29(2)21-14-13-18-9-7-8-12-20(18)15-21/h4-16H,1-3H3. The van der Waals surface area contributed by atoms with Gasteiger partial charge in [0.05, 0.1) is 22.3 Å². The van der Waals surface area contributed by atoms with E-state index in [0.29, 0.717) is 11.2 Å². The van der Waals surface area contributed by atoms with E-state index < -0.39 is 0 Å². The summed E-state index contributed by atoms with van der Waals surface area (Å²) < 4.78 is 1.74. The van der Waals surface area contributed by atoms with Crippen molar-refractivity contribution in [3.8, 4) is 11.3 Å². The molecule has 0 aliphatic rings. The minimum absolute atomic E-state index is 0.0871. The van der Waals surface area contributed by atoms with Crippen molar-refractivity contribution in [3.05, 3.63) is 90.1 Å². The Labute approximate surface area is 180 Å². The summed E-state index contributed by atoms with van der Waals surface area (Å²) in [6, 6.07) is 26.0. The number of fused-ring (bicyclic) bond motifs is 2. The van der Waals surface area contributed by atoms with Crippen LogP contribution >= 0.6 is 0 Å². The summed E-state index contributed by atoms with van der Waals surface area (Å²) in [5.74, 6) is -0.0871. The molecule has 3 aromatic carbocycles. The van der Waals surface area contributed by atoms with Gasteiger partial charge in [0, 0.05) is 25.3 Å². The predicted molar refractivity (Wildman–Crippen MR) is 125 cm³/mol. The molecule has 0 unspecified atom stereocenters. The second-order valence-corrected chi connectivity index (χ2v) is 7.72. The van der Waals surface area contributed by atoms with Gasteiger partial charge >= 0.3 is 0 Å². The first-order chi connectivity index (χ1) is 15.0. The zero-order valence-electron chi connectivity index (χ0n) is 17.7. The van der Waals surface area contributed by atoms with Gasteiger partial charge < -0.3 is 4.90 Å². The molecule has 0 saturated heterocycles. The Morgan fingerprint density at radius 3 is 2.39 bits per heavy atom. The normalized spacial score (nSPS) is 11.2. The van der Waals surface area contributed by atoms with E-state index >= 15 is 0 Å². The fourth-order valence-corrected chi connectivity index (χ4v) is 4.05. The van der Waals surface area contributed by atoms with Gasteiger partial charge in [-0.1, -0.05) is 60.7 Å². The summed E-state index contributed by atoms with van der Waals surface area (Å²) in [5.41, 5.74) is 4.66. The monoisotopic (exact) mass is 406 g/mol. The molecule has 5 aromatic rings. The first kappa shape index (κ1) is 19.0. The van der Waals surface area contributed by atoms with Crippen LogP contribution < -0.4 is 4.90 Å². The molecule has 0 aliphatic carbocycles. The molecule has 0 spiro atoms. The number of rotatable bonds is 3. The fourth-order valence-electron chi connectivity index (χ4n) is 4.05. The molecule has 0 saturated carbocycles. The molecule has 0 atom stereocenters. The Bertz CT molecular complexity index is 1440. The van der Waals surface area contributed by atoms with E-state index in [9.17, 15) is 4.79 Å². The summed E-state index contributed by atoms with van der Waals surface area (Å²) >= 11 is 0. The molecule has 5 rings (SSSR count). The Kier molecular flexibility index (Phi) is 4.51. The number of carbonyl (C=O) groups is 1. The molecule has 2 aromatic heterocycles. The minimum Gasteiger partial charge on any atom is -0.311 e. The van der Waals surface area contributed by atoms with E-state index in [4.69, 9.17) is 4.98 Å². The number of pyridine rings is 1. The van der Waals surface area contributed by atoms with Crippen LogP contribution in [0.3, 0.4) is 0 Å². The maximum atomic E-state index is 13.7. The number of hydrogen-bond donors (Lipinski definition) is 0. The highest BCUT2D eigenvalue weighted by molar-refractivity contribution is 6.14. The van der Waals surface area contributed by atoms with Crippen molar-refractivity contribution < 1.29 is 4.79 Å². The van der Waals surface area contributed by atoms with Crippen LogP contribution in [0.25, 0.3) is 33.1 Å². The lowest BCUT2D eigenvalue weighted by atomic mass is 10.0. The number of anilines is 1. The summed E-state index contributed by atoms with van der Waals surface area (Å²) in [6.07, 6.45) is 0. The van der Waals surface area contributed by atoms with Crippen LogP contribution in [-0.4, -0.2) is 27.7 Å². The zero-order valence-corrected chi connectivity index (χ0v) is 17.7. The summed E-state index contributed by atoms with van der Waals surface area (Å²) in [4.78, 5) is 20.2. The molecule has 5 nitrogen and oxygen atoms in total. The van der Waals surface area contributed by atoms with Crippen molar-refractivity contribution in [3.63, 3.8) is 0 Å². The maximum absolute atomic E-state index is 13.7. The van der Waals surface area contributed by atoms with E-state index in [2.05, 4.69) is 17.2 Å². The lowest BCUT2D eigenvalue weighted by molar-refractivity contribution is 0.0994. The fraction of sp³-hybridized carbons (Fsp3) is 0.115. The number of nitrogens with zero attached hydrogens (tertiary/aromatic N) is 4. The van der Waals surface area contributed by atoms with Gasteiger partial charge in [0.25, 0.3) is 5.91 Å². The van der Waals surface area contributed by atoms with Crippen LogP contribution in [0, 0.1) is 6.92 Å². The number of carbonyl (C=O) groups excluding carboxylic acids is 1. The molecule has 31 heavy (non-hydrogen) atoms. The van der Waals surface area contributed by atoms with Crippen molar-refractivity contribution in [2.24, 2.45) is 7.05 Å². The van der Waals surface area contributed by atoms with Gasteiger partial charge in [-0.3, -0.25) is 9.48 Å². The number of amides is 1. The van der Waals surface area contributed by atoms with E-state index in [0.717, 1.165) is 38.8 Å². The zero-order chi connectivity index (χ0) is 21.5. The average molecular weight is 406 g/mol. The van der Waals surface area contributed by atoms with Crippen LogP contribution in [0.5, 0.6) is 0 Å². The van der Waals surface area contributed by atoms with Crippen molar-refractivity contribution in [1.29, 1.82) is 0 Å². The third kappa shape index (κ3) is 3.24. The van der Waals surface area contributed by atoms with Gasteiger partial charge in [-0.25, -0.2) is 4.98 Å². The van der Waals surface area contributed by atoms with Crippen molar-refractivity contribution in [2.45, 2.75) is 6.92 Å². The second-order valence-electron chi connectivity index (χ2n) is 7.72. The van der Waals surface area contributed by atoms with E-state index in [1.807, 2.05) is 87.7 Å². The minimum atomic E-state index is -0.0871. The number of aryl methyl sites for hydroxylation is 2. The summed E-state index contributed by atoms with van der Waals surface area (Å²) in [7, 11) is 3.67. The van der Waals surface area contributed by atoms with Crippen LogP contribution in [-0.2, 0) is 7.05 Å². The SMILES string of the molecule is Cc1nn(C)c2nc(-c3ccccc3)cc(C(=O)N(C)c3ccc4ccccc4c3)c12. The van der Waals surface area contributed by atoms with Gasteiger partial charge in [-0.05, 0) is 35.9 Å². The maximum Gasteiger partial charge on any atom is 0.258 e. The number of hydrogen-bond acceptors (Lipinski definition) is 3. The molecule has 2 heterocycles. The third-order valence-corrected chi connectivity index (χ3v) is 5.69. The van der Waals surface area contributed by atoms with Crippen LogP contribution in [0.2, 0.25) is 0 Å². The first-order valence-electron chi connectivity index (χ1n) is 10.2. The topological polar surface area (TPSA) is 51.0 Å². The second kappa shape index (κ2) is 7.36. The highest BCUT2D eigenvalue weighted by Gasteiger charge is 2.22. The molecule has 0 aliphatic heterocycles. The smallest absolute Gasteiger partial charge is 0.258 e. The molecule has 0 N–H and O–H groups in total. The average Bonchev–Trinajstić information content (AvgIpc) is 3.11. The van der Waals surface area contributed by atoms with Gasteiger partial charge in [0.15, 0.2) is 5.65 Å². The van der Waals surface area contributed by atoms with Crippen molar-refractivity contribution in [2.75, 3.05) is 11.9 Å². The third-order valence-electron chi connectivity index (χ3n) is 5.69. The lowest BCUT2D eigenvalue weighted by Crippen LogP contribution is -2.26. The molecular weight excluding hydrogens is 384 g/mol. The Morgan fingerprint density at radius 1 is 0.903 bits per heavy atom. The van der Waals surface area contributed by atoms with Crippen LogP contribution in [0.1, 0.15) is 16.1 Å². The largest absolute Gasteiger partial charge is 0.311 e. The van der Waals surface area contributed by atoms with Crippen molar-refractivity contribution >= 4 is 33.4 Å². The lowest BCUT2D eigenvalue weighted by Gasteiger charge is -2.19. The van der Waals surface area contributed by atoms with Gasteiger partial charge in [-0.2, -0.15) is 5.10 Å². The number of aromatic nitrogens is 3. The molecule has 1 amide bonds. The molecular formula is C26H22N4O. The van der Waals surface area contributed by atoms with Gasteiger partial charge in [-0.15, -0.1) is 0 Å². The number of benzene rings is 3. The van der Waals surface area contributed by atoms with Crippen LogP contribution in [0.4, 0.5) is 5.69 Å². The Morgan fingerprint density at radius 2 is 1.61 bits per heavy atom. The molecule has 152 valence electrons. The van der Waals surface area contributed by atoms with E-state index in [-0.39, 0.29) is 5.91 Å². The summed E-state index contributed by atoms with van der Waals surface area (Å²) in [6.45, 7) is 1.92. The van der Waals surface area contributed by atoms with Gasteiger partial charge in [0.1, 0.15) is 0 Å². The summed E-state index contributed by atoms with van der Waals surface area (Å²) in [5, 5.41) is 7.56. The molecule has 5 heteroatoms. The molecule has 0 radical (unpaired) electrons. The van der Waals surface area contributed by atoms with Crippen LogP contribution in [0.15, 0.2) is 78.9 Å². The van der Waals surface area contributed by atoms with E-state index in [1.165, 1.54) is 0 Å². The van der Waals surface area contributed by atoms with E-state index in [1.54, 1.807) is 9.58 Å². The quantitative estimate of drug-likeness (QED) is 0.405. The van der Waals surface area contributed by atoms with Crippen molar-refractivity contribution in [1.82, 2.24) is 14.8 Å². The first-order valence-corrected chi connectivity index (χ1v) is 10.2. The highest BCUT2D eigenvalue weighted by Crippen LogP contribution is 2.29. The van der Waals surface area contributed by atoms with Gasteiger partial charge in [0.2, 0.25) is 0 Å². The predicted octanol–water partition coefficient (Wildman–Crippen LogP) is 5.37. The Hall–Kier alpha value is -3.99. The molecule has 0 fully saturated rings. The Balaban J connectivity index is 1.66. The molecule has 0 bridgehead atoms.